The Balaban J connectivity index is 0. The number of allylic oxidation sites excluding steroid dienone is 3. The maximum absolute atomic E-state index is 4.93. The molecule has 0 aliphatic carbocycles. The topological polar surface area (TPSA) is 18.5 Å². The molecular weight excluding hydrogens is 316 g/mol. The second-order valence-electron chi connectivity index (χ2n) is 3.75. The van der Waals surface area contributed by atoms with Gasteiger partial charge in [0.1, 0.15) is 11.5 Å². The molecule has 0 N–H and O–H groups in total. The van der Waals surface area contributed by atoms with Crippen LogP contribution in [0.1, 0.15) is 6.92 Å². The first-order valence-electron chi connectivity index (χ1n) is 6.62. The number of para-hydroxylation sites is 2. The van der Waals surface area contributed by atoms with E-state index in [-0.39, 0.29) is 17.1 Å². The monoisotopic (exact) mass is 339 g/mol. The van der Waals surface area contributed by atoms with E-state index in [0.717, 1.165) is 11.5 Å². The average molecular weight is 339 g/mol. The van der Waals surface area contributed by atoms with E-state index >= 15 is 0 Å². The summed E-state index contributed by atoms with van der Waals surface area (Å²) in [7, 11) is 3.32. The van der Waals surface area contributed by atoms with Gasteiger partial charge in [-0.05, 0) is 24.3 Å². The van der Waals surface area contributed by atoms with Crippen molar-refractivity contribution in [2.45, 2.75) is 6.92 Å². The molecular formula is C19H23FeO2-. The molecule has 0 bridgehead atoms. The van der Waals surface area contributed by atoms with Crippen molar-refractivity contribution >= 4 is 0 Å². The Kier molecular flexibility index (Phi) is 17.3. The largest absolute Gasteiger partial charge is 0.497 e. The first-order chi connectivity index (χ1) is 10.3. The van der Waals surface area contributed by atoms with Crippen molar-refractivity contribution in [2.75, 3.05) is 14.2 Å². The quantitative estimate of drug-likeness (QED) is 0.448. The molecule has 0 heterocycles. The van der Waals surface area contributed by atoms with Crippen LogP contribution in [-0.4, -0.2) is 14.2 Å². The fourth-order valence-corrected chi connectivity index (χ4v) is 1.22. The van der Waals surface area contributed by atoms with Crippen LogP contribution in [-0.2, 0) is 17.1 Å². The summed E-state index contributed by atoms with van der Waals surface area (Å²) in [4.78, 5) is 0. The maximum atomic E-state index is 4.93. The summed E-state index contributed by atoms with van der Waals surface area (Å²) >= 11 is 0. The van der Waals surface area contributed by atoms with Gasteiger partial charge in [0, 0.05) is 17.1 Å². The van der Waals surface area contributed by atoms with Gasteiger partial charge < -0.3 is 9.47 Å². The molecule has 0 atom stereocenters. The Labute approximate surface area is 144 Å². The third-order valence-electron chi connectivity index (χ3n) is 2.26. The van der Waals surface area contributed by atoms with Crippen LogP contribution in [0.25, 0.3) is 0 Å². The van der Waals surface area contributed by atoms with E-state index in [1.807, 2.05) is 73.7 Å². The third-order valence-corrected chi connectivity index (χ3v) is 2.26. The van der Waals surface area contributed by atoms with Crippen LogP contribution >= 0.6 is 0 Å². The number of hydrogen-bond donors (Lipinski definition) is 0. The maximum Gasteiger partial charge on any atom is 0.118 e. The molecule has 0 amide bonds. The number of methoxy groups -OCH3 is 2. The van der Waals surface area contributed by atoms with Crippen LogP contribution in [0.5, 0.6) is 11.5 Å². The van der Waals surface area contributed by atoms with Gasteiger partial charge in [-0.15, -0.1) is 0 Å². The predicted octanol–water partition coefficient (Wildman–Crippen LogP) is 4.94. The van der Waals surface area contributed by atoms with Crippen LogP contribution < -0.4 is 9.47 Å². The van der Waals surface area contributed by atoms with Crippen molar-refractivity contribution < 1.29 is 26.5 Å². The minimum atomic E-state index is 0. The van der Waals surface area contributed by atoms with Crippen LogP contribution in [0, 0.1) is 6.58 Å². The van der Waals surface area contributed by atoms with Gasteiger partial charge in [0.15, 0.2) is 0 Å². The first kappa shape index (κ1) is 22.3. The fourth-order valence-electron chi connectivity index (χ4n) is 1.22. The summed E-state index contributed by atoms with van der Waals surface area (Å²) < 4.78 is 9.83. The number of benzene rings is 2. The van der Waals surface area contributed by atoms with E-state index < -0.39 is 0 Å². The molecule has 0 aromatic heterocycles. The number of ether oxygens (including phenoxy) is 2. The molecule has 0 radical (unpaired) electrons. The Bertz CT molecular complexity index is 442. The fraction of sp³-hybridized carbons (Fsp3) is 0.158. The van der Waals surface area contributed by atoms with E-state index in [9.17, 15) is 0 Å². The van der Waals surface area contributed by atoms with Crippen molar-refractivity contribution in [3.63, 3.8) is 0 Å². The molecule has 120 valence electrons. The standard InChI is InChI=1S/2C7H8O.C5H7.Fe/c2*1-8-7-5-3-2-4-6-7;1-3-5-4-2;/h2*2-6H,1H3;1,3-5H,2H3;/q;;-1;. The van der Waals surface area contributed by atoms with Crippen LogP contribution in [0.3, 0.4) is 0 Å². The van der Waals surface area contributed by atoms with Crippen molar-refractivity contribution in [1.82, 2.24) is 0 Å². The smallest absolute Gasteiger partial charge is 0.118 e. The summed E-state index contributed by atoms with van der Waals surface area (Å²) in [6, 6.07) is 19.4. The van der Waals surface area contributed by atoms with Crippen LogP contribution in [0.15, 0.2) is 78.9 Å². The molecule has 0 spiro atoms. The van der Waals surface area contributed by atoms with Gasteiger partial charge in [0.2, 0.25) is 0 Å². The van der Waals surface area contributed by atoms with E-state index in [1.165, 1.54) is 6.08 Å². The van der Waals surface area contributed by atoms with Gasteiger partial charge in [0.25, 0.3) is 0 Å². The SMILES string of the molecule is COc1ccccc1.COc1ccccc1.[CH-]=CC=CC.[Fe]. The van der Waals surface area contributed by atoms with E-state index in [1.54, 1.807) is 20.3 Å². The molecule has 0 fully saturated rings. The molecule has 0 saturated heterocycles. The molecule has 2 nitrogen and oxygen atoms in total. The van der Waals surface area contributed by atoms with Crippen molar-refractivity contribution in [3.05, 3.63) is 85.5 Å². The molecule has 0 saturated carbocycles. The van der Waals surface area contributed by atoms with Gasteiger partial charge in [-0.1, -0.05) is 43.3 Å². The van der Waals surface area contributed by atoms with Crippen molar-refractivity contribution in [2.24, 2.45) is 0 Å². The number of rotatable bonds is 3. The van der Waals surface area contributed by atoms with Gasteiger partial charge in [-0.3, -0.25) is 6.58 Å². The zero-order valence-corrected chi connectivity index (χ0v) is 14.4. The molecule has 0 unspecified atom stereocenters. The Morgan fingerprint density at radius 3 is 1.27 bits per heavy atom. The van der Waals surface area contributed by atoms with Crippen molar-refractivity contribution in [1.29, 1.82) is 0 Å². The molecule has 22 heavy (non-hydrogen) atoms. The molecule has 0 aliphatic heterocycles. The summed E-state index contributed by atoms with van der Waals surface area (Å²) in [5.74, 6) is 1.82. The molecule has 2 aromatic rings. The second-order valence-corrected chi connectivity index (χ2v) is 3.75. The van der Waals surface area contributed by atoms with Gasteiger partial charge in [0.05, 0.1) is 14.2 Å². The normalized spacial score (nSPS) is 8.32. The molecule has 2 rings (SSSR count). The summed E-state index contributed by atoms with van der Waals surface area (Å²) in [6.45, 7) is 6.85. The summed E-state index contributed by atoms with van der Waals surface area (Å²) in [5, 5.41) is 0. The molecule has 0 aliphatic rings. The summed E-state index contributed by atoms with van der Waals surface area (Å²) in [5.41, 5.74) is 0. The zero-order chi connectivity index (χ0) is 15.8. The Morgan fingerprint density at radius 2 is 1.14 bits per heavy atom. The van der Waals surface area contributed by atoms with Gasteiger partial charge in [-0.25, -0.2) is 12.2 Å². The predicted molar refractivity (Wildman–Crippen MR) is 89.7 cm³/mol. The Morgan fingerprint density at radius 1 is 0.773 bits per heavy atom. The van der Waals surface area contributed by atoms with E-state index in [0.29, 0.717) is 0 Å². The van der Waals surface area contributed by atoms with Crippen molar-refractivity contribution in [3.8, 4) is 11.5 Å². The minimum absolute atomic E-state index is 0. The third kappa shape index (κ3) is 13.0. The van der Waals surface area contributed by atoms with E-state index in [4.69, 9.17) is 16.1 Å². The molecule has 2 aromatic carbocycles. The van der Waals surface area contributed by atoms with Gasteiger partial charge >= 0.3 is 0 Å². The second kappa shape index (κ2) is 17.1. The Hall–Kier alpha value is -1.96. The van der Waals surface area contributed by atoms with Crippen LogP contribution in [0.2, 0.25) is 0 Å². The van der Waals surface area contributed by atoms with Crippen LogP contribution in [0.4, 0.5) is 0 Å². The first-order valence-corrected chi connectivity index (χ1v) is 6.62. The van der Waals surface area contributed by atoms with Gasteiger partial charge in [-0.2, -0.15) is 6.08 Å². The average Bonchev–Trinajstić information content (AvgIpc) is 2.58. The molecule has 3 heteroatoms. The minimum Gasteiger partial charge on any atom is -0.497 e. The number of hydrogen-bond acceptors (Lipinski definition) is 2. The summed E-state index contributed by atoms with van der Waals surface area (Å²) in [6.07, 6.45) is 5.15. The van der Waals surface area contributed by atoms with E-state index in [2.05, 4.69) is 0 Å². The zero-order valence-electron chi connectivity index (χ0n) is 13.3.